The molecule has 0 fully saturated rings. The minimum atomic E-state index is -1.62. The Morgan fingerprint density at radius 1 is 1.24 bits per heavy atom. The lowest BCUT2D eigenvalue weighted by Gasteiger charge is -2.23. The molecule has 7 heteroatoms. The molecule has 0 aromatic heterocycles. The Hall–Kier alpha value is -2.86. The first-order valence-electron chi connectivity index (χ1n) is 7.32. The zero-order valence-corrected chi connectivity index (χ0v) is 13.8. The van der Waals surface area contributed by atoms with Gasteiger partial charge in [-0.15, -0.1) is 0 Å². The molecule has 1 heterocycles. The van der Waals surface area contributed by atoms with Gasteiger partial charge < -0.3 is 9.84 Å². The van der Waals surface area contributed by atoms with Crippen molar-refractivity contribution in [2.24, 2.45) is 0 Å². The van der Waals surface area contributed by atoms with Crippen molar-refractivity contribution in [3.63, 3.8) is 0 Å². The summed E-state index contributed by atoms with van der Waals surface area (Å²) in [6.07, 6.45) is 0. The van der Waals surface area contributed by atoms with Crippen LogP contribution >= 0.6 is 11.6 Å². The Labute approximate surface area is 147 Å². The van der Waals surface area contributed by atoms with E-state index in [2.05, 4.69) is 5.32 Å². The summed E-state index contributed by atoms with van der Waals surface area (Å²) in [7, 11) is 0. The number of Topliss-reactive ketones (excluding diaryl/α,β-unsaturated/α-hetero) is 1. The minimum Gasteiger partial charge on any atom is -0.501 e. The molecule has 0 saturated carbocycles. The van der Waals surface area contributed by atoms with E-state index in [4.69, 9.17) is 16.3 Å². The highest BCUT2D eigenvalue weighted by Gasteiger charge is 2.48. The molecule has 0 radical (unpaired) electrons. The van der Waals surface area contributed by atoms with Crippen molar-refractivity contribution in [1.82, 2.24) is 5.32 Å². The first-order chi connectivity index (χ1) is 11.8. The molecule has 128 valence electrons. The number of amides is 1. The Kier molecular flexibility index (Phi) is 4.22. The molecule has 5 nitrogen and oxygen atoms in total. The quantitative estimate of drug-likeness (QED) is 0.878. The zero-order valence-electron chi connectivity index (χ0n) is 13.0. The molecular weight excluding hydrogens is 349 g/mol. The number of rotatable bonds is 3. The maximum Gasteiger partial charge on any atom is 0.258 e. The van der Waals surface area contributed by atoms with Gasteiger partial charge in [-0.3, -0.25) is 14.9 Å². The monoisotopic (exact) mass is 361 g/mol. The molecule has 3 rings (SSSR count). The molecule has 2 aromatic carbocycles. The highest BCUT2D eigenvalue weighted by atomic mass is 35.5. The summed E-state index contributed by atoms with van der Waals surface area (Å²) in [5, 5.41) is 12.2. The van der Waals surface area contributed by atoms with Gasteiger partial charge in [0.15, 0.2) is 5.60 Å². The second-order valence-corrected chi connectivity index (χ2v) is 6.00. The van der Waals surface area contributed by atoms with Gasteiger partial charge in [-0.1, -0.05) is 35.9 Å². The molecule has 1 amide bonds. The van der Waals surface area contributed by atoms with Crippen LogP contribution < -0.4 is 5.32 Å². The van der Waals surface area contributed by atoms with Crippen LogP contribution in [0.5, 0.6) is 0 Å². The number of ether oxygens (including phenoxy) is 1. The summed E-state index contributed by atoms with van der Waals surface area (Å²) in [5.74, 6) is -3.03. The molecule has 0 bridgehead atoms. The standard InChI is InChI=1S/C18H13ClFNO4/c1-18(11-7-8-13(20)12(19)9-11)15(23)14(22)17(25-18)21-16(24)10-5-3-2-4-6-10/h2-9,22H,1H3,(H,21,24). The average Bonchev–Trinajstić information content (AvgIpc) is 2.83. The highest BCUT2D eigenvalue weighted by molar-refractivity contribution is 6.30. The van der Waals surface area contributed by atoms with Gasteiger partial charge in [-0.2, -0.15) is 0 Å². The lowest BCUT2D eigenvalue weighted by molar-refractivity contribution is -0.131. The van der Waals surface area contributed by atoms with Crippen molar-refractivity contribution in [1.29, 1.82) is 0 Å². The van der Waals surface area contributed by atoms with Gasteiger partial charge in [0, 0.05) is 11.1 Å². The second-order valence-electron chi connectivity index (χ2n) is 5.59. The molecule has 25 heavy (non-hydrogen) atoms. The van der Waals surface area contributed by atoms with Crippen LogP contribution in [0.25, 0.3) is 0 Å². The third kappa shape index (κ3) is 2.96. The van der Waals surface area contributed by atoms with Crippen LogP contribution in [-0.4, -0.2) is 16.8 Å². The summed E-state index contributed by atoms with van der Waals surface area (Å²) < 4.78 is 18.9. The van der Waals surface area contributed by atoms with E-state index >= 15 is 0 Å². The Morgan fingerprint density at radius 3 is 2.56 bits per heavy atom. The normalized spacial score (nSPS) is 19.7. The van der Waals surface area contributed by atoms with Crippen LogP contribution in [0.15, 0.2) is 60.2 Å². The van der Waals surface area contributed by atoms with E-state index in [-0.39, 0.29) is 16.5 Å². The summed E-state index contributed by atoms with van der Waals surface area (Å²) in [5.41, 5.74) is -1.04. The number of halogens is 2. The van der Waals surface area contributed by atoms with E-state index in [9.17, 15) is 19.1 Å². The average molecular weight is 362 g/mol. The summed E-state index contributed by atoms with van der Waals surface area (Å²) in [6.45, 7) is 1.40. The third-order valence-corrected chi connectivity index (χ3v) is 4.19. The number of hydrogen-bond acceptors (Lipinski definition) is 4. The number of carbonyl (C=O) groups is 2. The molecule has 0 spiro atoms. The highest BCUT2D eigenvalue weighted by Crippen LogP contribution is 2.38. The van der Waals surface area contributed by atoms with E-state index in [0.29, 0.717) is 5.56 Å². The molecular formula is C18H13ClFNO4. The van der Waals surface area contributed by atoms with Crippen LogP contribution in [0.4, 0.5) is 4.39 Å². The molecule has 1 atom stereocenters. The number of ketones is 1. The minimum absolute atomic E-state index is 0.184. The number of aliphatic hydroxyl groups is 1. The molecule has 0 saturated heterocycles. The summed E-state index contributed by atoms with van der Waals surface area (Å²) in [6, 6.07) is 11.9. The van der Waals surface area contributed by atoms with Gasteiger partial charge in [0.2, 0.25) is 11.6 Å². The van der Waals surface area contributed by atoms with E-state index in [0.717, 1.165) is 6.07 Å². The van der Waals surface area contributed by atoms with Gasteiger partial charge >= 0.3 is 0 Å². The number of aliphatic hydroxyl groups excluding tert-OH is 1. The largest absolute Gasteiger partial charge is 0.501 e. The van der Waals surface area contributed by atoms with Crippen molar-refractivity contribution < 1.29 is 23.8 Å². The van der Waals surface area contributed by atoms with Crippen LogP contribution in [-0.2, 0) is 15.1 Å². The van der Waals surface area contributed by atoms with Crippen LogP contribution in [0.1, 0.15) is 22.8 Å². The topological polar surface area (TPSA) is 75.6 Å². The smallest absolute Gasteiger partial charge is 0.258 e. The van der Waals surface area contributed by atoms with Crippen molar-refractivity contribution in [3.8, 4) is 0 Å². The zero-order chi connectivity index (χ0) is 18.2. The molecule has 2 aromatic rings. The maximum atomic E-state index is 13.3. The van der Waals surface area contributed by atoms with Gasteiger partial charge in [0.05, 0.1) is 5.02 Å². The lowest BCUT2D eigenvalue weighted by Crippen LogP contribution is -2.32. The van der Waals surface area contributed by atoms with Gasteiger partial charge in [0.1, 0.15) is 5.82 Å². The fraction of sp³-hybridized carbons (Fsp3) is 0.111. The molecule has 1 unspecified atom stereocenters. The maximum absolute atomic E-state index is 13.3. The van der Waals surface area contributed by atoms with Crippen molar-refractivity contribution >= 4 is 23.3 Å². The van der Waals surface area contributed by atoms with E-state index in [1.165, 1.54) is 19.1 Å². The Bertz CT molecular complexity index is 897. The Balaban J connectivity index is 1.87. The fourth-order valence-electron chi connectivity index (χ4n) is 2.46. The summed E-state index contributed by atoms with van der Waals surface area (Å²) in [4.78, 5) is 24.6. The van der Waals surface area contributed by atoms with Crippen LogP contribution in [0.2, 0.25) is 5.02 Å². The predicted molar refractivity (Wildman–Crippen MR) is 88.4 cm³/mol. The predicted octanol–water partition coefficient (Wildman–Crippen LogP) is 3.45. The van der Waals surface area contributed by atoms with Crippen LogP contribution in [0.3, 0.4) is 0 Å². The van der Waals surface area contributed by atoms with Crippen molar-refractivity contribution in [3.05, 3.63) is 82.1 Å². The third-order valence-electron chi connectivity index (χ3n) is 3.90. The first-order valence-corrected chi connectivity index (χ1v) is 7.69. The second kappa shape index (κ2) is 6.22. The number of hydrogen-bond donors (Lipinski definition) is 2. The van der Waals surface area contributed by atoms with E-state index < -0.39 is 28.9 Å². The van der Waals surface area contributed by atoms with Gasteiger partial charge in [-0.05, 0) is 31.2 Å². The molecule has 1 aliphatic heterocycles. The van der Waals surface area contributed by atoms with Crippen LogP contribution in [0, 0.1) is 5.82 Å². The van der Waals surface area contributed by atoms with Crippen molar-refractivity contribution in [2.75, 3.05) is 0 Å². The Morgan fingerprint density at radius 2 is 1.92 bits per heavy atom. The molecule has 0 aliphatic carbocycles. The van der Waals surface area contributed by atoms with E-state index in [1.54, 1.807) is 30.3 Å². The fourth-order valence-corrected chi connectivity index (χ4v) is 2.64. The SMILES string of the molecule is CC1(c2ccc(F)c(Cl)c2)OC(NC(=O)c2ccccc2)=C(O)C1=O. The van der Waals surface area contributed by atoms with E-state index in [1.807, 2.05) is 0 Å². The van der Waals surface area contributed by atoms with Gasteiger partial charge in [0.25, 0.3) is 11.7 Å². The lowest BCUT2D eigenvalue weighted by atomic mass is 9.91. The number of carbonyl (C=O) groups excluding carboxylic acids is 2. The summed E-state index contributed by atoms with van der Waals surface area (Å²) >= 11 is 5.75. The number of nitrogens with one attached hydrogen (secondary N) is 1. The number of benzene rings is 2. The van der Waals surface area contributed by atoms with Gasteiger partial charge in [-0.25, -0.2) is 4.39 Å². The first kappa shape index (κ1) is 17.0. The molecule has 1 aliphatic rings. The molecule has 2 N–H and O–H groups in total. The van der Waals surface area contributed by atoms with Crippen molar-refractivity contribution in [2.45, 2.75) is 12.5 Å².